The Bertz CT molecular complexity index is 2300. The van der Waals surface area contributed by atoms with Gasteiger partial charge in [-0.15, -0.1) is 0 Å². The lowest BCUT2D eigenvalue weighted by Gasteiger charge is -2.60. The van der Waals surface area contributed by atoms with Crippen molar-refractivity contribution in [3.8, 4) is 5.75 Å². The van der Waals surface area contributed by atoms with Crippen molar-refractivity contribution < 1.29 is 14.2 Å². The fraction of sp³-hybridized carbons (Fsp3) is 0.736. The number of para-hydroxylation sites is 1. The van der Waals surface area contributed by atoms with E-state index in [2.05, 4.69) is 63.1 Å². The molecule has 11 saturated carbocycles. The van der Waals surface area contributed by atoms with Gasteiger partial charge < -0.3 is 14.2 Å². The van der Waals surface area contributed by atoms with Crippen LogP contribution in [0, 0.1) is 142 Å². The summed E-state index contributed by atoms with van der Waals surface area (Å²) < 4.78 is 18.2. The third-order valence-corrected chi connectivity index (χ3v) is 24.1. The van der Waals surface area contributed by atoms with Crippen molar-refractivity contribution in [2.75, 3.05) is 47.1 Å². The van der Waals surface area contributed by atoms with Gasteiger partial charge in [-0.05, 0) is 186 Å². The molecular weight excluding hydrogens is 699 g/mol. The Kier molecular flexibility index (Phi) is 5.14. The topological polar surface area (TPSA) is 30.9 Å². The normalized spacial score (nSPS) is 60.6. The maximum atomic E-state index is 6.42. The van der Waals surface area contributed by atoms with Crippen LogP contribution in [0.4, 0.5) is 0 Å². The molecule has 1 aliphatic heterocycles. The van der Waals surface area contributed by atoms with Crippen LogP contribution >= 0.6 is 0 Å². The van der Waals surface area contributed by atoms with E-state index in [1.165, 1.54) is 37.8 Å². The first-order chi connectivity index (χ1) is 28.2. The van der Waals surface area contributed by atoms with Crippen LogP contribution in [-0.2, 0) is 9.47 Å². The van der Waals surface area contributed by atoms with Gasteiger partial charge in [0, 0.05) is 49.1 Å². The van der Waals surface area contributed by atoms with E-state index in [0.29, 0.717) is 25.2 Å². The van der Waals surface area contributed by atoms with Crippen LogP contribution in [0.15, 0.2) is 69.4 Å². The fourth-order valence-electron chi connectivity index (χ4n) is 24.9. The van der Waals surface area contributed by atoms with Crippen LogP contribution in [0.2, 0.25) is 0 Å². The lowest BCUT2D eigenvalue weighted by molar-refractivity contribution is -0.117. The standard InChI is InChI=1S/C53H59NO3/c1-55-9-10-57-8-7-54-19-29-28-17-25-15-22-13-23-12-20-11-21-14-24-16-26-18-53(29,52(54)27-5-3-4-6-30(27)56-2)51-37(26)42-36(24)41-32(21)31(20)39-35(23)40-33(22)34(25)43-38(28)50(51)49-47(42)45(41)44(39)46(40)48(43)49/h3-6,16,20-23,26,29,31-33,35-37,39-49,52H,7-15,17-19H2,1-2H3. The minimum absolute atomic E-state index is 0.172. The van der Waals surface area contributed by atoms with Crippen molar-refractivity contribution in [2.24, 2.45) is 142 Å². The van der Waals surface area contributed by atoms with Crippen LogP contribution in [0.5, 0.6) is 5.75 Å². The van der Waals surface area contributed by atoms with Gasteiger partial charge in [0.15, 0.2) is 0 Å². The first-order valence-electron chi connectivity index (χ1n) is 24.5. The predicted molar refractivity (Wildman–Crippen MR) is 214 cm³/mol. The number of fused-ring (bicyclic) bond motifs is 1. The highest BCUT2D eigenvalue weighted by atomic mass is 16.5. The summed E-state index contributed by atoms with van der Waals surface area (Å²) in [6, 6.07) is 9.71. The lowest BCUT2D eigenvalue weighted by Crippen LogP contribution is -2.56. The summed E-state index contributed by atoms with van der Waals surface area (Å²) >= 11 is 0. The summed E-state index contributed by atoms with van der Waals surface area (Å²) in [7, 11) is 3.74. The van der Waals surface area contributed by atoms with Gasteiger partial charge in [0.25, 0.3) is 0 Å². The second-order valence-electron chi connectivity index (χ2n) is 24.1. The minimum Gasteiger partial charge on any atom is -0.496 e. The molecule has 1 saturated heterocycles. The number of ether oxygens (including phenoxy) is 3. The van der Waals surface area contributed by atoms with Crippen molar-refractivity contribution in [1.82, 2.24) is 4.90 Å². The number of allylic oxidation sites excluding steroid dienone is 6. The summed E-state index contributed by atoms with van der Waals surface area (Å²) in [5.74, 6) is 23.8. The van der Waals surface area contributed by atoms with Crippen LogP contribution in [0.1, 0.15) is 56.6 Å². The number of nitrogens with zero attached hydrogens (tertiary/aromatic N) is 1. The van der Waals surface area contributed by atoms with E-state index >= 15 is 0 Å². The number of hydrogen-bond donors (Lipinski definition) is 0. The highest BCUT2D eigenvalue weighted by Crippen LogP contribution is 2.92. The number of hydrogen-bond acceptors (Lipinski definition) is 4. The van der Waals surface area contributed by atoms with E-state index in [1.54, 1.807) is 26.4 Å². The molecule has 18 rings (SSSR count). The minimum atomic E-state index is 0.172. The number of methoxy groups -OCH3 is 2. The van der Waals surface area contributed by atoms with Gasteiger partial charge in [-0.1, -0.05) is 52.1 Å². The molecule has 1 aromatic carbocycles. The van der Waals surface area contributed by atoms with Crippen molar-refractivity contribution in [1.29, 1.82) is 0 Å². The number of benzene rings is 1. The van der Waals surface area contributed by atoms with Gasteiger partial charge >= 0.3 is 0 Å². The molecule has 294 valence electrons. The molecule has 0 amide bonds. The molecule has 0 N–H and O–H groups in total. The maximum absolute atomic E-state index is 6.42. The zero-order chi connectivity index (χ0) is 36.3. The van der Waals surface area contributed by atoms with E-state index in [4.69, 9.17) is 14.2 Å². The third-order valence-electron chi connectivity index (χ3n) is 24.1. The van der Waals surface area contributed by atoms with Crippen molar-refractivity contribution in [3.05, 3.63) is 74.9 Å². The lowest BCUT2D eigenvalue weighted by atomic mass is 9.44. The van der Waals surface area contributed by atoms with Gasteiger partial charge in [0.1, 0.15) is 5.75 Å². The zero-order valence-corrected chi connectivity index (χ0v) is 33.9. The molecule has 1 heterocycles. The zero-order valence-electron chi connectivity index (χ0n) is 33.9. The molecular formula is C53H59NO3. The summed E-state index contributed by atoms with van der Waals surface area (Å²) in [6.07, 6.45) is 13.7. The Morgan fingerprint density at radius 2 is 1.47 bits per heavy atom. The third kappa shape index (κ3) is 2.86. The second kappa shape index (κ2) is 9.50. The van der Waals surface area contributed by atoms with Gasteiger partial charge in [0.05, 0.1) is 26.9 Å². The molecule has 1 spiro atoms. The number of likely N-dealkylation sites (tertiary alicyclic amines) is 1. The predicted octanol–water partition coefficient (Wildman–Crippen LogP) is 8.64. The Hall–Kier alpha value is -2.14. The molecule has 0 aromatic heterocycles. The molecule has 17 aliphatic rings. The highest BCUT2D eigenvalue weighted by Gasteiger charge is 2.86. The van der Waals surface area contributed by atoms with Crippen molar-refractivity contribution in [3.63, 3.8) is 0 Å². The first-order valence-corrected chi connectivity index (χ1v) is 24.5. The Labute approximate surface area is 338 Å². The number of rotatable bonds is 8. The largest absolute Gasteiger partial charge is 0.496 e. The van der Waals surface area contributed by atoms with E-state index in [0.717, 1.165) is 149 Å². The average Bonchev–Trinajstić information content (AvgIpc) is 4.08. The van der Waals surface area contributed by atoms with Gasteiger partial charge in [-0.2, -0.15) is 0 Å². The van der Waals surface area contributed by atoms with E-state index in [-0.39, 0.29) is 5.41 Å². The van der Waals surface area contributed by atoms with Crippen LogP contribution in [-0.4, -0.2) is 52.0 Å². The molecule has 1 aromatic rings. The molecule has 4 nitrogen and oxygen atoms in total. The van der Waals surface area contributed by atoms with Gasteiger partial charge in [-0.3, -0.25) is 4.90 Å². The van der Waals surface area contributed by atoms with Crippen LogP contribution < -0.4 is 4.74 Å². The van der Waals surface area contributed by atoms with Crippen LogP contribution in [0.25, 0.3) is 0 Å². The van der Waals surface area contributed by atoms with Crippen LogP contribution in [0.3, 0.4) is 0 Å². The quantitative estimate of drug-likeness (QED) is 0.196. The molecule has 12 fully saturated rings. The van der Waals surface area contributed by atoms with Crippen molar-refractivity contribution >= 4 is 0 Å². The monoisotopic (exact) mass is 757 g/mol. The molecule has 57 heavy (non-hydrogen) atoms. The summed E-state index contributed by atoms with van der Waals surface area (Å²) in [4.78, 5) is 2.98. The Morgan fingerprint density at radius 3 is 2.39 bits per heavy atom. The fourth-order valence-corrected chi connectivity index (χ4v) is 24.9. The Balaban J connectivity index is 0.934. The maximum Gasteiger partial charge on any atom is 0.123 e. The summed E-state index contributed by atoms with van der Waals surface area (Å²) in [5.41, 5.74) is 16.2. The molecule has 0 radical (unpaired) electrons. The van der Waals surface area contributed by atoms with Gasteiger partial charge in [-0.25, -0.2) is 0 Å². The first kappa shape index (κ1) is 30.8. The van der Waals surface area contributed by atoms with E-state index in [1.807, 2.05) is 18.3 Å². The second-order valence-corrected chi connectivity index (χ2v) is 24.1. The smallest absolute Gasteiger partial charge is 0.123 e. The molecule has 25 unspecified atom stereocenters. The van der Waals surface area contributed by atoms with E-state index < -0.39 is 0 Å². The summed E-state index contributed by atoms with van der Waals surface area (Å²) in [6.45, 7) is 4.35. The Morgan fingerprint density at radius 1 is 0.702 bits per heavy atom. The molecule has 4 heteroatoms. The SMILES string of the molecule is COCCOCCN1CC2C3=C4C5=C6C7C(C=C8CC9CC%10CC%11CC%12CC(=C%13C4C4C5C5C7C8C7C9C%10C8C%11C(C%13%12)C4C8C57)C3)CC62C1c1ccccc1OC. The average molecular weight is 758 g/mol. The summed E-state index contributed by atoms with van der Waals surface area (Å²) in [5, 5.41) is 0. The van der Waals surface area contributed by atoms with E-state index in [9.17, 15) is 0 Å². The molecule has 0 bridgehead atoms. The molecule has 25 atom stereocenters. The van der Waals surface area contributed by atoms with Gasteiger partial charge in [0.2, 0.25) is 0 Å². The molecule has 16 aliphatic carbocycles. The van der Waals surface area contributed by atoms with Crippen molar-refractivity contribution in [2.45, 2.75) is 51.0 Å². The highest BCUT2D eigenvalue weighted by molar-refractivity contribution is 5.68.